The van der Waals surface area contributed by atoms with Crippen molar-refractivity contribution in [1.82, 2.24) is 4.98 Å². The van der Waals surface area contributed by atoms with Crippen LogP contribution in [-0.2, 0) is 4.79 Å². The third-order valence-electron chi connectivity index (χ3n) is 3.04. The van der Waals surface area contributed by atoms with E-state index in [1.54, 1.807) is 12.1 Å². The number of carbonyl (C=O) groups excluding carboxylic acids is 1. The predicted octanol–water partition coefficient (Wildman–Crippen LogP) is 2.61. The molecule has 0 aliphatic carbocycles. The van der Waals surface area contributed by atoms with Gasteiger partial charge in [-0.25, -0.2) is 4.98 Å². The van der Waals surface area contributed by atoms with Gasteiger partial charge in [-0.05, 0) is 6.07 Å². The first-order valence-electron chi connectivity index (χ1n) is 6.24. The highest BCUT2D eigenvalue weighted by molar-refractivity contribution is 7.20. The zero-order chi connectivity index (χ0) is 15.6. The lowest BCUT2D eigenvalue weighted by molar-refractivity contribution is -0.141. The highest BCUT2D eigenvalue weighted by Gasteiger charge is 2.20. The Morgan fingerprint density at radius 2 is 2.05 bits per heavy atom. The maximum atomic E-state index is 12.1. The van der Waals surface area contributed by atoms with Crippen LogP contribution in [0.3, 0.4) is 0 Å². The summed E-state index contributed by atoms with van der Waals surface area (Å²) in [6, 6.07) is 3.40. The number of ether oxygens (including phenoxy) is 2. The number of hydrogen-bond donors (Lipinski definition) is 1. The molecule has 0 bridgehead atoms. The molecule has 7 heteroatoms. The number of pyridine rings is 1. The van der Waals surface area contributed by atoms with Crippen molar-refractivity contribution in [3.63, 3.8) is 0 Å². The molecule has 0 saturated carbocycles. The summed E-state index contributed by atoms with van der Waals surface area (Å²) < 4.78 is 11.1. The highest BCUT2D eigenvalue weighted by atomic mass is 32.1. The molecule has 0 spiro atoms. The molecular formula is C14H15NO5S. The van der Waals surface area contributed by atoms with E-state index in [1.807, 2.05) is 0 Å². The van der Waals surface area contributed by atoms with Crippen molar-refractivity contribution in [2.24, 2.45) is 5.92 Å². The van der Waals surface area contributed by atoms with Gasteiger partial charge in [0.25, 0.3) is 5.88 Å². The molecule has 0 unspecified atom stereocenters. The van der Waals surface area contributed by atoms with Crippen molar-refractivity contribution >= 4 is 33.3 Å². The Hall–Kier alpha value is -2.15. The lowest BCUT2D eigenvalue weighted by Crippen LogP contribution is -2.13. The van der Waals surface area contributed by atoms with Crippen LogP contribution >= 0.6 is 11.3 Å². The molecule has 0 aliphatic heterocycles. The van der Waals surface area contributed by atoms with Gasteiger partial charge in [-0.2, -0.15) is 0 Å². The SMILES string of the molecule is COc1cc2sc(C(=O)C[C@@H](C)C(=O)O)cc2nc1OC. The molecule has 112 valence electrons. The van der Waals surface area contributed by atoms with Crippen molar-refractivity contribution in [3.05, 3.63) is 17.0 Å². The molecule has 2 aromatic rings. The number of methoxy groups -OCH3 is 2. The summed E-state index contributed by atoms with van der Waals surface area (Å²) in [4.78, 5) is 27.7. The van der Waals surface area contributed by atoms with Gasteiger partial charge in [0.1, 0.15) is 0 Å². The third kappa shape index (κ3) is 3.13. The fourth-order valence-corrected chi connectivity index (χ4v) is 2.81. The largest absolute Gasteiger partial charge is 0.491 e. The molecular weight excluding hydrogens is 294 g/mol. The number of aliphatic carboxylic acids is 1. The fourth-order valence-electron chi connectivity index (χ4n) is 1.83. The molecule has 1 N–H and O–H groups in total. The van der Waals surface area contributed by atoms with Gasteiger partial charge in [0.05, 0.1) is 35.2 Å². The Bertz CT molecular complexity index is 653. The zero-order valence-corrected chi connectivity index (χ0v) is 12.7. The van der Waals surface area contributed by atoms with Crippen LogP contribution in [0.5, 0.6) is 11.6 Å². The molecule has 2 aromatic heterocycles. The molecule has 0 fully saturated rings. The van der Waals surface area contributed by atoms with E-state index in [9.17, 15) is 9.59 Å². The standard InChI is InChI=1S/C14H15NO5S/c1-7(14(17)18)4-9(16)12-5-8-11(21-12)6-10(19-2)13(15-8)20-3/h5-7H,4H2,1-3H3,(H,17,18)/t7-/m1/s1. The van der Waals surface area contributed by atoms with Gasteiger partial charge in [0.15, 0.2) is 11.5 Å². The van der Waals surface area contributed by atoms with Crippen LogP contribution in [0.1, 0.15) is 23.0 Å². The third-order valence-corrected chi connectivity index (χ3v) is 4.15. The van der Waals surface area contributed by atoms with Crippen molar-refractivity contribution in [1.29, 1.82) is 0 Å². The fraction of sp³-hybridized carbons (Fsp3) is 0.357. The molecule has 2 heterocycles. The van der Waals surface area contributed by atoms with Gasteiger partial charge >= 0.3 is 5.97 Å². The van der Waals surface area contributed by atoms with Gasteiger partial charge in [-0.1, -0.05) is 6.92 Å². The number of thiophene rings is 1. The maximum absolute atomic E-state index is 12.1. The number of hydrogen-bond acceptors (Lipinski definition) is 6. The summed E-state index contributed by atoms with van der Waals surface area (Å²) in [7, 11) is 3.00. The number of fused-ring (bicyclic) bond motifs is 1. The molecule has 0 radical (unpaired) electrons. The lowest BCUT2D eigenvalue weighted by Gasteiger charge is -2.05. The first-order chi connectivity index (χ1) is 9.96. The van der Waals surface area contributed by atoms with Crippen LogP contribution in [0.25, 0.3) is 10.2 Å². The topological polar surface area (TPSA) is 85.7 Å². The highest BCUT2D eigenvalue weighted by Crippen LogP contribution is 2.34. The van der Waals surface area contributed by atoms with Gasteiger partial charge < -0.3 is 14.6 Å². The van der Waals surface area contributed by atoms with E-state index < -0.39 is 11.9 Å². The predicted molar refractivity (Wildman–Crippen MR) is 78.5 cm³/mol. The summed E-state index contributed by atoms with van der Waals surface area (Å²) in [5.41, 5.74) is 0.629. The molecule has 1 atom stereocenters. The van der Waals surface area contributed by atoms with E-state index in [4.69, 9.17) is 14.6 Å². The normalized spacial score (nSPS) is 12.1. The first-order valence-corrected chi connectivity index (χ1v) is 7.06. The van der Waals surface area contributed by atoms with Gasteiger partial charge in [-0.15, -0.1) is 11.3 Å². The first kappa shape index (κ1) is 15.2. The molecule has 0 amide bonds. The van der Waals surface area contributed by atoms with E-state index in [2.05, 4.69) is 4.98 Å². The van der Waals surface area contributed by atoms with E-state index in [1.165, 1.54) is 32.5 Å². The maximum Gasteiger partial charge on any atom is 0.306 e. The van der Waals surface area contributed by atoms with Gasteiger partial charge in [0, 0.05) is 12.5 Å². The number of carbonyl (C=O) groups is 2. The van der Waals surface area contributed by atoms with Crippen molar-refractivity contribution in [2.45, 2.75) is 13.3 Å². The quantitative estimate of drug-likeness (QED) is 0.825. The Labute approximate surface area is 125 Å². The average molecular weight is 309 g/mol. The average Bonchev–Trinajstić information content (AvgIpc) is 2.88. The van der Waals surface area contributed by atoms with E-state index in [0.717, 1.165) is 4.70 Å². The van der Waals surface area contributed by atoms with Crippen LogP contribution in [0.2, 0.25) is 0 Å². The molecule has 0 aromatic carbocycles. The lowest BCUT2D eigenvalue weighted by atomic mass is 10.0. The summed E-state index contributed by atoms with van der Waals surface area (Å²) in [5.74, 6) is -1.05. The van der Waals surface area contributed by atoms with Crippen molar-refractivity contribution in [2.75, 3.05) is 14.2 Å². The number of carboxylic acids is 1. The van der Waals surface area contributed by atoms with Crippen LogP contribution in [-0.4, -0.2) is 36.1 Å². The Morgan fingerprint density at radius 3 is 2.62 bits per heavy atom. The second-order valence-electron chi connectivity index (χ2n) is 4.56. The van der Waals surface area contributed by atoms with Crippen molar-refractivity contribution in [3.8, 4) is 11.6 Å². The second-order valence-corrected chi connectivity index (χ2v) is 5.64. The molecule has 2 rings (SSSR count). The molecule has 0 aliphatic rings. The van der Waals surface area contributed by atoms with Crippen LogP contribution < -0.4 is 9.47 Å². The minimum absolute atomic E-state index is 0.0313. The van der Waals surface area contributed by atoms with Crippen LogP contribution in [0.15, 0.2) is 12.1 Å². The van der Waals surface area contributed by atoms with E-state index >= 15 is 0 Å². The Kier molecular flexibility index (Phi) is 4.42. The smallest absolute Gasteiger partial charge is 0.306 e. The molecule has 0 saturated heterocycles. The number of Topliss-reactive ketones (excluding diaryl/α,β-unsaturated/α-hetero) is 1. The summed E-state index contributed by atoms with van der Waals surface area (Å²) in [6.07, 6.45) is -0.0313. The monoisotopic (exact) mass is 309 g/mol. The number of carboxylic acid groups (broad SMARTS) is 1. The second kappa shape index (κ2) is 6.09. The Morgan fingerprint density at radius 1 is 1.33 bits per heavy atom. The number of aromatic nitrogens is 1. The number of rotatable bonds is 6. The van der Waals surface area contributed by atoms with E-state index in [0.29, 0.717) is 22.0 Å². The minimum Gasteiger partial charge on any atom is -0.491 e. The van der Waals surface area contributed by atoms with Gasteiger partial charge in [-0.3, -0.25) is 9.59 Å². The molecule has 21 heavy (non-hydrogen) atoms. The van der Waals surface area contributed by atoms with Gasteiger partial charge in [0.2, 0.25) is 0 Å². The molecule has 6 nitrogen and oxygen atoms in total. The number of nitrogens with zero attached hydrogens (tertiary/aromatic N) is 1. The van der Waals surface area contributed by atoms with Crippen LogP contribution in [0.4, 0.5) is 0 Å². The Balaban J connectivity index is 2.34. The summed E-state index contributed by atoms with van der Waals surface area (Å²) in [6.45, 7) is 1.51. The summed E-state index contributed by atoms with van der Waals surface area (Å²) >= 11 is 1.27. The summed E-state index contributed by atoms with van der Waals surface area (Å²) in [5, 5.41) is 8.86. The minimum atomic E-state index is -0.981. The number of ketones is 1. The van der Waals surface area contributed by atoms with Crippen molar-refractivity contribution < 1.29 is 24.2 Å². The van der Waals surface area contributed by atoms with E-state index in [-0.39, 0.29) is 12.2 Å². The van der Waals surface area contributed by atoms with Crippen LogP contribution in [0, 0.1) is 5.92 Å². The zero-order valence-electron chi connectivity index (χ0n) is 11.9.